The normalized spacial score (nSPS) is 19.4. The third-order valence-electron chi connectivity index (χ3n) is 2.89. The summed E-state index contributed by atoms with van der Waals surface area (Å²) in [5.74, 6) is 0. The van der Waals surface area contributed by atoms with E-state index in [-0.39, 0.29) is 0 Å². The molecule has 0 bridgehead atoms. The molecule has 1 heteroatoms. The molecule has 1 aliphatic rings. The molecule has 0 radical (unpaired) electrons. The van der Waals surface area contributed by atoms with Crippen molar-refractivity contribution < 1.29 is 0 Å². The molecule has 1 saturated heterocycles. The third-order valence-corrected chi connectivity index (χ3v) is 2.89. The van der Waals surface area contributed by atoms with Crippen LogP contribution in [0.1, 0.15) is 59.8 Å². The first-order chi connectivity index (χ1) is 6.33. The predicted molar refractivity (Wildman–Crippen MR) is 61.1 cm³/mol. The van der Waals surface area contributed by atoms with Gasteiger partial charge in [-0.15, -0.1) is 0 Å². The topological polar surface area (TPSA) is 12.0 Å². The van der Waals surface area contributed by atoms with Crippen LogP contribution in [-0.4, -0.2) is 13.1 Å². The van der Waals surface area contributed by atoms with Crippen molar-refractivity contribution in [1.29, 1.82) is 0 Å². The first-order valence-electron chi connectivity index (χ1n) is 6.04. The van der Waals surface area contributed by atoms with Crippen LogP contribution < -0.4 is 5.32 Å². The first-order valence-corrected chi connectivity index (χ1v) is 6.04. The van der Waals surface area contributed by atoms with E-state index < -0.39 is 0 Å². The average molecular weight is 185 g/mol. The van der Waals surface area contributed by atoms with Crippen LogP contribution in [0, 0.1) is 5.41 Å². The largest absolute Gasteiger partial charge is 0.316 e. The summed E-state index contributed by atoms with van der Waals surface area (Å²) in [4.78, 5) is 0. The zero-order valence-corrected chi connectivity index (χ0v) is 9.95. The highest BCUT2D eigenvalue weighted by Crippen LogP contribution is 2.35. The molecule has 0 saturated carbocycles. The quantitative estimate of drug-likeness (QED) is 0.705. The lowest BCUT2D eigenvalue weighted by molar-refractivity contribution is 0.265. The molecule has 0 atom stereocenters. The van der Waals surface area contributed by atoms with E-state index >= 15 is 0 Å². The Bertz CT molecular complexity index is 95.7. The van der Waals surface area contributed by atoms with Gasteiger partial charge in [0.15, 0.2) is 0 Å². The second kappa shape index (κ2) is 7.37. The van der Waals surface area contributed by atoms with Gasteiger partial charge in [-0.2, -0.15) is 0 Å². The minimum atomic E-state index is 0.684. The molecule has 1 fully saturated rings. The van der Waals surface area contributed by atoms with Crippen molar-refractivity contribution in [2.24, 2.45) is 5.41 Å². The molecular weight excluding hydrogens is 158 g/mol. The van der Waals surface area contributed by atoms with Crippen molar-refractivity contribution in [3.05, 3.63) is 0 Å². The van der Waals surface area contributed by atoms with Crippen molar-refractivity contribution in [3.8, 4) is 0 Å². The second-order valence-electron chi connectivity index (χ2n) is 3.93. The average Bonchev–Trinajstić information content (AvgIpc) is 2.58. The number of rotatable bonds is 4. The molecule has 0 aliphatic carbocycles. The number of hydrogen-bond donors (Lipinski definition) is 1. The van der Waals surface area contributed by atoms with Crippen LogP contribution in [0.5, 0.6) is 0 Å². The zero-order valence-electron chi connectivity index (χ0n) is 9.95. The van der Waals surface area contributed by atoms with Crippen LogP contribution in [0.15, 0.2) is 0 Å². The van der Waals surface area contributed by atoms with Gasteiger partial charge in [0, 0.05) is 6.54 Å². The molecule has 0 aromatic carbocycles. The standard InChI is InChI=1S/C10H21N.C2H6/c1-3-5-10(6-4-2)7-8-11-9-10;1-2/h11H,3-9H2,1-2H3;1-2H3. The molecule has 1 heterocycles. The fraction of sp³-hybridized carbons (Fsp3) is 1.00. The van der Waals surface area contributed by atoms with Gasteiger partial charge in [-0.05, 0) is 31.2 Å². The summed E-state index contributed by atoms with van der Waals surface area (Å²) >= 11 is 0. The Morgan fingerprint density at radius 1 is 1.08 bits per heavy atom. The lowest BCUT2D eigenvalue weighted by Gasteiger charge is -2.27. The van der Waals surface area contributed by atoms with E-state index in [1.165, 1.54) is 45.2 Å². The van der Waals surface area contributed by atoms with Gasteiger partial charge in [0.05, 0.1) is 0 Å². The van der Waals surface area contributed by atoms with Crippen LogP contribution in [0.2, 0.25) is 0 Å². The van der Waals surface area contributed by atoms with E-state index in [1.54, 1.807) is 0 Å². The molecule has 0 spiro atoms. The van der Waals surface area contributed by atoms with Crippen LogP contribution in [-0.2, 0) is 0 Å². The molecule has 1 aliphatic heterocycles. The summed E-state index contributed by atoms with van der Waals surface area (Å²) in [5, 5.41) is 3.48. The summed E-state index contributed by atoms with van der Waals surface area (Å²) in [6, 6.07) is 0. The third kappa shape index (κ3) is 4.12. The van der Waals surface area contributed by atoms with Crippen LogP contribution >= 0.6 is 0 Å². The monoisotopic (exact) mass is 185 g/mol. The van der Waals surface area contributed by atoms with Gasteiger partial charge >= 0.3 is 0 Å². The second-order valence-corrected chi connectivity index (χ2v) is 3.93. The van der Waals surface area contributed by atoms with Gasteiger partial charge in [-0.1, -0.05) is 40.5 Å². The maximum Gasteiger partial charge on any atom is 0.000828 e. The van der Waals surface area contributed by atoms with Crippen molar-refractivity contribution in [2.45, 2.75) is 59.8 Å². The Kier molecular flexibility index (Phi) is 7.35. The molecule has 0 aromatic rings. The molecule has 1 N–H and O–H groups in total. The van der Waals surface area contributed by atoms with Gasteiger partial charge in [-0.25, -0.2) is 0 Å². The predicted octanol–water partition coefficient (Wildman–Crippen LogP) is 3.59. The highest BCUT2D eigenvalue weighted by Gasteiger charge is 2.31. The van der Waals surface area contributed by atoms with Crippen LogP contribution in [0.25, 0.3) is 0 Å². The molecule has 0 amide bonds. The number of hydrogen-bond acceptors (Lipinski definition) is 1. The van der Waals surface area contributed by atoms with E-state index in [9.17, 15) is 0 Å². The summed E-state index contributed by atoms with van der Waals surface area (Å²) in [6.45, 7) is 11.1. The Morgan fingerprint density at radius 3 is 1.92 bits per heavy atom. The maximum atomic E-state index is 3.48. The van der Waals surface area contributed by atoms with E-state index in [1.807, 2.05) is 13.8 Å². The van der Waals surface area contributed by atoms with E-state index in [2.05, 4.69) is 19.2 Å². The zero-order chi connectivity index (χ0) is 10.2. The Hall–Kier alpha value is -0.0400. The molecule has 1 nitrogen and oxygen atoms in total. The minimum absolute atomic E-state index is 0.684. The van der Waals surface area contributed by atoms with Gasteiger partial charge in [-0.3, -0.25) is 0 Å². The van der Waals surface area contributed by atoms with Gasteiger partial charge in [0.1, 0.15) is 0 Å². The summed E-state index contributed by atoms with van der Waals surface area (Å²) in [7, 11) is 0. The Balaban J connectivity index is 0.000000671. The van der Waals surface area contributed by atoms with Crippen molar-refractivity contribution in [1.82, 2.24) is 5.32 Å². The van der Waals surface area contributed by atoms with Crippen molar-refractivity contribution >= 4 is 0 Å². The fourth-order valence-corrected chi connectivity index (χ4v) is 2.41. The van der Waals surface area contributed by atoms with Gasteiger partial charge < -0.3 is 5.32 Å². The van der Waals surface area contributed by atoms with Crippen LogP contribution in [0.3, 0.4) is 0 Å². The Labute approximate surface area is 84.3 Å². The molecule has 1 rings (SSSR count). The molecule has 0 unspecified atom stereocenters. The van der Waals surface area contributed by atoms with Gasteiger partial charge in [0.25, 0.3) is 0 Å². The highest BCUT2D eigenvalue weighted by molar-refractivity contribution is 4.86. The van der Waals surface area contributed by atoms with E-state index in [0.717, 1.165) is 0 Å². The molecule has 0 aromatic heterocycles. The molecule has 80 valence electrons. The van der Waals surface area contributed by atoms with Crippen LogP contribution in [0.4, 0.5) is 0 Å². The summed E-state index contributed by atoms with van der Waals surface area (Å²) in [6.07, 6.45) is 6.96. The SMILES string of the molecule is CC.CCCC1(CCC)CCNC1. The minimum Gasteiger partial charge on any atom is -0.316 e. The van der Waals surface area contributed by atoms with Crippen molar-refractivity contribution in [3.63, 3.8) is 0 Å². The highest BCUT2D eigenvalue weighted by atomic mass is 14.9. The molecule has 13 heavy (non-hydrogen) atoms. The smallest absolute Gasteiger partial charge is 0.000828 e. The number of nitrogens with one attached hydrogen (secondary N) is 1. The fourth-order valence-electron chi connectivity index (χ4n) is 2.41. The van der Waals surface area contributed by atoms with E-state index in [4.69, 9.17) is 0 Å². The Morgan fingerprint density at radius 2 is 1.62 bits per heavy atom. The summed E-state index contributed by atoms with van der Waals surface area (Å²) < 4.78 is 0. The lowest BCUT2D eigenvalue weighted by atomic mass is 9.79. The van der Waals surface area contributed by atoms with E-state index in [0.29, 0.717) is 5.41 Å². The summed E-state index contributed by atoms with van der Waals surface area (Å²) in [5.41, 5.74) is 0.684. The lowest BCUT2D eigenvalue weighted by Crippen LogP contribution is -2.23. The van der Waals surface area contributed by atoms with Gasteiger partial charge in [0.2, 0.25) is 0 Å². The molecular formula is C12H27N. The maximum absolute atomic E-state index is 3.48. The first kappa shape index (κ1) is 13.0. The van der Waals surface area contributed by atoms with Crippen molar-refractivity contribution in [2.75, 3.05) is 13.1 Å².